The van der Waals surface area contributed by atoms with Gasteiger partial charge in [0, 0.05) is 23.7 Å². The maximum absolute atomic E-state index is 14.1. The molecule has 110 valence electrons. The lowest BCUT2D eigenvalue weighted by Gasteiger charge is -2.23. The third kappa shape index (κ3) is 4.25. The summed E-state index contributed by atoms with van der Waals surface area (Å²) in [4.78, 5) is 2.65. The molecule has 0 radical (unpaired) electrons. The fraction of sp³-hybridized carbons (Fsp3) is 0.562. The smallest absolute Gasteiger partial charge is 0.128 e. The van der Waals surface area contributed by atoms with Crippen molar-refractivity contribution in [2.45, 2.75) is 45.7 Å². The lowest BCUT2D eigenvalue weighted by atomic mass is 10.1. The first-order valence-corrected chi connectivity index (χ1v) is 7.70. The first-order valence-electron chi connectivity index (χ1n) is 7.29. The molecule has 20 heavy (non-hydrogen) atoms. The predicted molar refractivity (Wildman–Crippen MR) is 85.2 cm³/mol. The third-order valence-corrected chi connectivity index (χ3v) is 4.00. The summed E-state index contributed by atoms with van der Waals surface area (Å²) in [6.45, 7) is 6.17. The van der Waals surface area contributed by atoms with E-state index in [2.05, 4.69) is 18.7 Å². The van der Waals surface area contributed by atoms with Gasteiger partial charge >= 0.3 is 0 Å². The van der Waals surface area contributed by atoms with Crippen molar-refractivity contribution in [2.24, 2.45) is 11.7 Å². The van der Waals surface area contributed by atoms with E-state index in [4.69, 9.17) is 18.0 Å². The molecule has 1 fully saturated rings. The van der Waals surface area contributed by atoms with E-state index in [9.17, 15) is 4.39 Å². The van der Waals surface area contributed by atoms with Crippen molar-refractivity contribution < 1.29 is 4.39 Å². The highest BCUT2D eigenvalue weighted by atomic mass is 32.1. The molecule has 1 aromatic rings. The topological polar surface area (TPSA) is 29.3 Å². The largest absolute Gasteiger partial charge is 0.389 e. The Morgan fingerprint density at radius 2 is 2.15 bits per heavy atom. The van der Waals surface area contributed by atoms with Crippen LogP contribution in [0.4, 0.5) is 4.39 Å². The monoisotopic (exact) mass is 294 g/mol. The molecule has 0 unspecified atom stereocenters. The summed E-state index contributed by atoms with van der Waals surface area (Å²) >= 11 is 4.88. The third-order valence-electron chi connectivity index (χ3n) is 3.77. The Balaban J connectivity index is 2.04. The van der Waals surface area contributed by atoms with Gasteiger partial charge < -0.3 is 5.73 Å². The molecule has 0 bridgehead atoms. The molecule has 0 aromatic heterocycles. The first kappa shape index (κ1) is 15.4. The fourth-order valence-electron chi connectivity index (χ4n) is 2.30. The molecule has 0 amide bonds. The Kier molecular flexibility index (Phi) is 5.11. The van der Waals surface area contributed by atoms with Crippen LogP contribution >= 0.6 is 12.2 Å². The Bertz CT molecular complexity index is 483. The molecule has 1 saturated carbocycles. The molecule has 1 aromatic carbocycles. The van der Waals surface area contributed by atoms with Crippen LogP contribution in [0.15, 0.2) is 18.2 Å². The minimum atomic E-state index is -0.203. The van der Waals surface area contributed by atoms with Gasteiger partial charge in [0.25, 0.3) is 0 Å². The number of hydrogen-bond donors (Lipinski definition) is 1. The number of nitrogens with two attached hydrogens (primary N) is 1. The van der Waals surface area contributed by atoms with Crippen LogP contribution in [0.2, 0.25) is 0 Å². The van der Waals surface area contributed by atoms with Crippen molar-refractivity contribution in [2.75, 3.05) is 6.54 Å². The van der Waals surface area contributed by atoms with Gasteiger partial charge in [-0.15, -0.1) is 0 Å². The van der Waals surface area contributed by atoms with Gasteiger partial charge in [-0.1, -0.05) is 38.2 Å². The maximum atomic E-state index is 14.1. The predicted octanol–water partition coefficient (Wildman–Crippen LogP) is 3.47. The molecule has 0 aliphatic heterocycles. The highest BCUT2D eigenvalue weighted by Crippen LogP contribution is 2.29. The number of hydrogen-bond acceptors (Lipinski definition) is 2. The van der Waals surface area contributed by atoms with Gasteiger partial charge in [0.2, 0.25) is 0 Å². The fourth-order valence-corrected chi connectivity index (χ4v) is 2.43. The molecular formula is C16H23FN2S. The van der Waals surface area contributed by atoms with Gasteiger partial charge in [0.1, 0.15) is 10.8 Å². The number of thiocarbonyl (C=S) groups is 1. The van der Waals surface area contributed by atoms with E-state index in [-0.39, 0.29) is 10.8 Å². The normalized spacial score (nSPS) is 15.1. The van der Waals surface area contributed by atoms with E-state index in [0.717, 1.165) is 18.5 Å². The number of rotatable bonds is 7. The molecule has 4 heteroatoms. The lowest BCUT2D eigenvalue weighted by molar-refractivity contribution is 0.236. The molecule has 2 nitrogen and oxygen atoms in total. The summed E-state index contributed by atoms with van der Waals surface area (Å²) in [5.41, 5.74) is 6.86. The van der Waals surface area contributed by atoms with Crippen LogP contribution in [0.25, 0.3) is 0 Å². The average molecular weight is 294 g/mol. The van der Waals surface area contributed by atoms with Gasteiger partial charge in [-0.3, -0.25) is 4.90 Å². The van der Waals surface area contributed by atoms with Gasteiger partial charge in [0.05, 0.1) is 0 Å². The van der Waals surface area contributed by atoms with Crippen LogP contribution in [0.1, 0.15) is 44.2 Å². The number of halogens is 1. The Hall–Kier alpha value is -1.00. The summed E-state index contributed by atoms with van der Waals surface area (Å²) in [7, 11) is 0. The second-order valence-electron chi connectivity index (χ2n) is 6.05. The standard InChI is InChI=1S/C16H23FN2S/c1-11(2)7-8-19(14-5-6-14)10-13-4-3-12(16(18)20)9-15(13)17/h3-4,9,11,14H,5-8,10H2,1-2H3,(H2,18,20). The highest BCUT2D eigenvalue weighted by molar-refractivity contribution is 7.80. The Labute approximate surface area is 126 Å². The van der Waals surface area contributed by atoms with E-state index in [1.165, 1.54) is 18.9 Å². The highest BCUT2D eigenvalue weighted by Gasteiger charge is 2.29. The summed E-state index contributed by atoms with van der Waals surface area (Å²) in [6.07, 6.45) is 3.64. The molecule has 1 aliphatic rings. The van der Waals surface area contributed by atoms with Crippen LogP contribution < -0.4 is 5.73 Å². The SMILES string of the molecule is CC(C)CCN(Cc1ccc(C(N)=S)cc1F)C1CC1. The van der Waals surface area contributed by atoms with Crippen LogP contribution in [-0.2, 0) is 6.54 Å². The first-order chi connectivity index (χ1) is 9.47. The second-order valence-corrected chi connectivity index (χ2v) is 6.49. The summed E-state index contributed by atoms with van der Waals surface area (Å²) < 4.78 is 14.1. The second kappa shape index (κ2) is 6.64. The summed E-state index contributed by atoms with van der Waals surface area (Å²) in [6, 6.07) is 5.72. The van der Waals surface area contributed by atoms with E-state index in [1.54, 1.807) is 0 Å². The van der Waals surface area contributed by atoms with Crippen molar-refractivity contribution >= 4 is 17.2 Å². The average Bonchev–Trinajstić information content (AvgIpc) is 3.19. The zero-order valence-electron chi connectivity index (χ0n) is 12.2. The lowest BCUT2D eigenvalue weighted by Crippen LogP contribution is -2.28. The van der Waals surface area contributed by atoms with Crippen LogP contribution in [-0.4, -0.2) is 22.5 Å². The van der Waals surface area contributed by atoms with Gasteiger partial charge in [0.15, 0.2) is 0 Å². The molecule has 0 spiro atoms. The number of benzene rings is 1. The van der Waals surface area contributed by atoms with Crippen molar-refractivity contribution in [3.8, 4) is 0 Å². The van der Waals surface area contributed by atoms with Gasteiger partial charge in [-0.25, -0.2) is 4.39 Å². The number of nitrogens with zero attached hydrogens (tertiary/aromatic N) is 1. The van der Waals surface area contributed by atoms with Gasteiger partial charge in [-0.2, -0.15) is 0 Å². The quantitative estimate of drug-likeness (QED) is 0.781. The van der Waals surface area contributed by atoms with E-state index < -0.39 is 0 Å². The van der Waals surface area contributed by atoms with Crippen LogP contribution in [0, 0.1) is 11.7 Å². The molecule has 0 atom stereocenters. The minimum absolute atomic E-state index is 0.203. The zero-order chi connectivity index (χ0) is 14.7. The maximum Gasteiger partial charge on any atom is 0.128 e. The molecule has 0 saturated heterocycles. The van der Waals surface area contributed by atoms with Crippen LogP contribution in [0.5, 0.6) is 0 Å². The molecule has 2 N–H and O–H groups in total. The minimum Gasteiger partial charge on any atom is -0.389 e. The van der Waals surface area contributed by atoms with Crippen molar-refractivity contribution in [3.05, 3.63) is 35.1 Å². The Morgan fingerprint density at radius 3 is 2.65 bits per heavy atom. The van der Waals surface area contributed by atoms with Crippen molar-refractivity contribution in [1.82, 2.24) is 4.90 Å². The van der Waals surface area contributed by atoms with E-state index >= 15 is 0 Å². The summed E-state index contributed by atoms with van der Waals surface area (Å²) in [5, 5.41) is 0. The van der Waals surface area contributed by atoms with E-state index in [1.807, 2.05) is 12.1 Å². The van der Waals surface area contributed by atoms with Crippen LogP contribution in [0.3, 0.4) is 0 Å². The molecular weight excluding hydrogens is 271 g/mol. The summed E-state index contributed by atoms with van der Waals surface area (Å²) in [5.74, 6) is 0.476. The van der Waals surface area contributed by atoms with E-state index in [0.29, 0.717) is 24.1 Å². The van der Waals surface area contributed by atoms with Gasteiger partial charge in [-0.05, 0) is 37.8 Å². The van der Waals surface area contributed by atoms with Crippen molar-refractivity contribution in [3.63, 3.8) is 0 Å². The molecule has 0 heterocycles. The van der Waals surface area contributed by atoms with Crippen molar-refractivity contribution in [1.29, 1.82) is 0 Å². The molecule has 2 rings (SSSR count). The molecule has 1 aliphatic carbocycles. The Morgan fingerprint density at radius 1 is 1.45 bits per heavy atom. The zero-order valence-corrected chi connectivity index (χ0v) is 13.0.